The molecule has 0 atom stereocenters. The van der Waals surface area contributed by atoms with E-state index in [4.69, 9.17) is 32.0 Å². The Bertz CT molecular complexity index is 1060. The third-order valence-corrected chi connectivity index (χ3v) is 6.36. The normalized spacial score (nSPS) is 14.7. The number of thiophene rings is 1. The van der Waals surface area contributed by atoms with Crippen molar-refractivity contribution in [3.05, 3.63) is 45.1 Å². The Morgan fingerprint density at radius 3 is 2.75 bits per heavy atom. The summed E-state index contributed by atoms with van der Waals surface area (Å²) in [6.45, 7) is 6.89. The first-order chi connectivity index (χ1) is 13.4. The molecule has 146 valence electrons. The van der Waals surface area contributed by atoms with E-state index in [1.54, 1.807) is 23.5 Å². The van der Waals surface area contributed by atoms with Gasteiger partial charge in [-0.3, -0.25) is 9.69 Å². The van der Waals surface area contributed by atoms with E-state index in [1.807, 2.05) is 6.92 Å². The number of carbonyl (C=O) groups excluding carboxylic acids is 1. The third-order valence-electron chi connectivity index (χ3n) is 5.02. The number of hydrogen-bond donors (Lipinski definition) is 1. The maximum absolute atomic E-state index is 11.8. The van der Waals surface area contributed by atoms with Crippen LogP contribution in [0.5, 0.6) is 11.6 Å². The van der Waals surface area contributed by atoms with Crippen molar-refractivity contribution in [2.75, 3.05) is 13.1 Å². The highest BCUT2D eigenvalue weighted by molar-refractivity contribution is 7.18. The number of benzene rings is 1. The minimum absolute atomic E-state index is 0.227. The van der Waals surface area contributed by atoms with Gasteiger partial charge in [0.1, 0.15) is 16.4 Å². The maximum atomic E-state index is 11.8. The number of halogens is 1. The molecule has 1 aliphatic rings. The molecular weight excluding hydrogens is 396 g/mol. The molecule has 0 bridgehead atoms. The zero-order valence-electron chi connectivity index (χ0n) is 15.8. The van der Waals surface area contributed by atoms with Gasteiger partial charge in [0.05, 0.1) is 17.5 Å². The van der Waals surface area contributed by atoms with E-state index in [0.717, 1.165) is 34.7 Å². The lowest BCUT2D eigenvalue weighted by atomic mass is 10.2. The Morgan fingerprint density at radius 1 is 1.29 bits per heavy atom. The molecule has 1 amide bonds. The highest BCUT2D eigenvalue weighted by Gasteiger charge is 2.21. The molecule has 1 saturated heterocycles. The molecule has 3 aromatic rings. The van der Waals surface area contributed by atoms with Crippen molar-refractivity contribution in [1.29, 1.82) is 0 Å². The molecule has 0 unspecified atom stereocenters. The minimum atomic E-state index is -0.599. The van der Waals surface area contributed by atoms with Crippen LogP contribution in [0.3, 0.4) is 0 Å². The lowest BCUT2D eigenvalue weighted by Gasteiger charge is -2.15. The second-order valence-electron chi connectivity index (χ2n) is 7.00. The molecule has 2 aromatic heterocycles. The van der Waals surface area contributed by atoms with E-state index >= 15 is 0 Å². The van der Waals surface area contributed by atoms with Crippen molar-refractivity contribution in [3.8, 4) is 11.6 Å². The SMILES string of the molecule is Cc1sc2nc(CN3CCCC3)nc(Oc3ccc(Cl)cc3C(N)=O)c2c1C. The molecule has 6 nitrogen and oxygen atoms in total. The highest BCUT2D eigenvalue weighted by Crippen LogP contribution is 2.37. The highest BCUT2D eigenvalue weighted by atomic mass is 35.5. The lowest BCUT2D eigenvalue weighted by molar-refractivity contribution is 0.0998. The number of hydrogen-bond acceptors (Lipinski definition) is 6. The van der Waals surface area contributed by atoms with Crippen LogP contribution in [-0.4, -0.2) is 33.9 Å². The van der Waals surface area contributed by atoms with Gasteiger partial charge in [0, 0.05) is 9.90 Å². The Balaban J connectivity index is 1.79. The number of fused-ring (bicyclic) bond motifs is 1. The molecule has 0 radical (unpaired) electrons. The fourth-order valence-corrected chi connectivity index (χ4v) is 4.64. The Morgan fingerprint density at radius 2 is 2.04 bits per heavy atom. The summed E-state index contributed by atoms with van der Waals surface area (Å²) in [4.78, 5) is 25.7. The minimum Gasteiger partial charge on any atom is -0.437 e. The number of rotatable bonds is 5. The van der Waals surface area contributed by atoms with Crippen molar-refractivity contribution >= 4 is 39.1 Å². The zero-order chi connectivity index (χ0) is 19.8. The number of aromatic nitrogens is 2. The van der Waals surface area contributed by atoms with Gasteiger partial charge in [0.25, 0.3) is 5.91 Å². The second kappa shape index (κ2) is 7.66. The Hall–Kier alpha value is -2.22. The van der Waals surface area contributed by atoms with Gasteiger partial charge in [-0.1, -0.05) is 11.6 Å². The van der Waals surface area contributed by atoms with Crippen LogP contribution in [0.2, 0.25) is 5.02 Å². The van der Waals surface area contributed by atoms with Crippen LogP contribution in [0.4, 0.5) is 0 Å². The number of carbonyl (C=O) groups is 1. The predicted octanol–water partition coefficient (Wildman–Crippen LogP) is 4.45. The average Bonchev–Trinajstić information content (AvgIpc) is 3.25. The van der Waals surface area contributed by atoms with Gasteiger partial charge in [0.15, 0.2) is 0 Å². The molecule has 0 saturated carbocycles. The number of likely N-dealkylation sites (tertiary alicyclic amines) is 1. The summed E-state index contributed by atoms with van der Waals surface area (Å²) in [5, 5.41) is 1.30. The lowest BCUT2D eigenvalue weighted by Crippen LogP contribution is -2.20. The van der Waals surface area contributed by atoms with Gasteiger partial charge in [-0.25, -0.2) is 4.98 Å². The van der Waals surface area contributed by atoms with Gasteiger partial charge < -0.3 is 10.5 Å². The molecule has 0 spiro atoms. The first-order valence-electron chi connectivity index (χ1n) is 9.18. The standard InChI is InChI=1S/C20H21ClN4O2S/c1-11-12(2)28-20-17(11)19(23-16(24-20)10-25-7-3-4-8-25)27-15-6-5-13(21)9-14(15)18(22)26/h5-6,9H,3-4,7-8,10H2,1-2H3,(H2,22,26). The smallest absolute Gasteiger partial charge is 0.252 e. The monoisotopic (exact) mass is 416 g/mol. The van der Waals surface area contributed by atoms with Crippen molar-refractivity contribution in [2.24, 2.45) is 5.73 Å². The van der Waals surface area contributed by atoms with E-state index in [1.165, 1.54) is 23.8 Å². The van der Waals surface area contributed by atoms with Gasteiger partial charge in [-0.15, -0.1) is 11.3 Å². The fourth-order valence-electron chi connectivity index (χ4n) is 3.43. The molecule has 28 heavy (non-hydrogen) atoms. The van der Waals surface area contributed by atoms with E-state index in [2.05, 4.69) is 11.8 Å². The molecule has 3 heterocycles. The summed E-state index contributed by atoms with van der Waals surface area (Å²) in [6.07, 6.45) is 2.41. The van der Waals surface area contributed by atoms with E-state index in [9.17, 15) is 4.79 Å². The van der Waals surface area contributed by atoms with Crippen LogP contribution in [0.25, 0.3) is 10.2 Å². The third kappa shape index (κ3) is 3.70. The fraction of sp³-hybridized carbons (Fsp3) is 0.350. The Kier molecular flexibility index (Phi) is 5.23. The molecule has 1 fully saturated rings. The number of amides is 1. The molecular formula is C20H21ClN4O2S. The van der Waals surface area contributed by atoms with Crippen molar-refractivity contribution < 1.29 is 9.53 Å². The summed E-state index contributed by atoms with van der Waals surface area (Å²) in [5.41, 5.74) is 6.82. The van der Waals surface area contributed by atoms with Crippen LogP contribution < -0.4 is 10.5 Å². The number of nitrogens with two attached hydrogens (primary N) is 1. The van der Waals surface area contributed by atoms with Crippen LogP contribution in [0.15, 0.2) is 18.2 Å². The summed E-state index contributed by atoms with van der Waals surface area (Å²) >= 11 is 7.64. The molecule has 1 aliphatic heterocycles. The van der Waals surface area contributed by atoms with E-state index in [0.29, 0.717) is 23.2 Å². The first kappa shape index (κ1) is 19.1. The van der Waals surface area contributed by atoms with Crippen molar-refractivity contribution in [3.63, 3.8) is 0 Å². The van der Waals surface area contributed by atoms with Gasteiger partial charge in [0.2, 0.25) is 5.88 Å². The van der Waals surface area contributed by atoms with Crippen molar-refractivity contribution in [2.45, 2.75) is 33.2 Å². The Labute approximate surface area is 172 Å². The van der Waals surface area contributed by atoms with Gasteiger partial charge >= 0.3 is 0 Å². The summed E-state index contributed by atoms with van der Waals surface area (Å²) in [7, 11) is 0. The summed E-state index contributed by atoms with van der Waals surface area (Å²) < 4.78 is 6.12. The zero-order valence-corrected chi connectivity index (χ0v) is 17.4. The quantitative estimate of drug-likeness (QED) is 0.664. The van der Waals surface area contributed by atoms with Gasteiger partial charge in [-0.2, -0.15) is 4.98 Å². The average molecular weight is 417 g/mol. The number of aryl methyl sites for hydroxylation is 2. The van der Waals surface area contributed by atoms with Gasteiger partial charge in [-0.05, 0) is 63.5 Å². The van der Waals surface area contributed by atoms with Crippen LogP contribution in [0, 0.1) is 13.8 Å². The largest absolute Gasteiger partial charge is 0.437 e. The summed E-state index contributed by atoms with van der Waals surface area (Å²) in [5.74, 6) is 0.914. The molecule has 1 aromatic carbocycles. The summed E-state index contributed by atoms with van der Waals surface area (Å²) in [6, 6.07) is 4.82. The van der Waals surface area contributed by atoms with Crippen LogP contribution in [0.1, 0.15) is 39.5 Å². The van der Waals surface area contributed by atoms with E-state index in [-0.39, 0.29) is 5.56 Å². The van der Waals surface area contributed by atoms with Crippen LogP contribution in [-0.2, 0) is 6.54 Å². The van der Waals surface area contributed by atoms with E-state index < -0.39 is 5.91 Å². The molecule has 8 heteroatoms. The number of primary amides is 1. The molecule has 0 aliphatic carbocycles. The first-order valence-corrected chi connectivity index (χ1v) is 10.4. The maximum Gasteiger partial charge on any atom is 0.252 e. The number of ether oxygens (including phenoxy) is 1. The van der Waals surface area contributed by atoms with Crippen LogP contribution >= 0.6 is 22.9 Å². The number of nitrogens with zero attached hydrogens (tertiary/aromatic N) is 3. The molecule has 2 N–H and O–H groups in total. The second-order valence-corrected chi connectivity index (χ2v) is 8.64. The topological polar surface area (TPSA) is 81.3 Å². The van der Waals surface area contributed by atoms with Crippen molar-refractivity contribution in [1.82, 2.24) is 14.9 Å². The molecule has 4 rings (SSSR count). The predicted molar refractivity (Wildman–Crippen MR) is 111 cm³/mol.